The largest absolute Gasteiger partial charge is 0.378 e. The Morgan fingerprint density at radius 2 is 1.71 bits per heavy atom. The van der Waals surface area contributed by atoms with E-state index in [1.54, 1.807) is 11.8 Å². The number of thioether (sulfide) groups is 1. The van der Waals surface area contributed by atoms with Crippen LogP contribution in [0.5, 0.6) is 0 Å². The molecule has 0 amide bonds. The van der Waals surface area contributed by atoms with Gasteiger partial charge in [0.25, 0.3) is 0 Å². The summed E-state index contributed by atoms with van der Waals surface area (Å²) in [5.41, 5.74) is 3.47. The summed E-state index contributed by atoms with van der Waals surface area (Å²) in [6.45, 7) is 5.06. The third-order valence-electron chi connectivity index (χ3n) is 4.42. The summed E-state index contributed by atoms with van der Waals surface area (Å²) in [5.74, 6) is 2.08. The average Bonchev–Trinajstić information content (AvgIpc) is 2.75. The molecule has 2 aromatic carbocycles. The van der Waals surface area contributed by atoms with Gasteiger partial charge in [0.05, 0.1) is 13.2 Å². The molecule has 6 nitrogen and oxygen atoms in total. The van der Waals surface area contributed by atoms with Gasteiger partial charge in [-0.2, -0.15) is 15.0 Å². The van der Waals surface area contributed by atoms with E-state index < -0.39 is 0 Å². The molecular formula is C21H23N5OS. The Bertz CT molecular complexity index is 898. The van der Waals surface area contributed by atoms with Crippen molar-refractivity contribution < 1.29 is 4.74 Å². The Hall–Kier alpha value is -2.64. The highest BCUT2D eigenvalue weighted by molar-refractivity contribution is 7.98. The maximum Gasteiger partial charge on any atom is 0.233 e. The second-order valence-electron chi connectivity index (χ2n) is 6.61. The topological polar surface area (TPSA) is 63.2 Å². The minimum absolute atomic E-state index is 0.564. The number of nitrogens with zero attached hydrogens (tertiary/aromatic N) is 4. The molecule has 4 rings (SSSR count). The zero-order chi connectivity index (χ0) is 19.2. The second-order valence-corrected chi connectivity index (χ2v) is 7.55. The van der Waals surface area contributed by atoms with Crippen LogP contribution in [0, 0.1) is 6.92 Å². The molecule has 3 aromatic rings. The predicted molar refractivity (Wildman–Crippen MR) is 113 cm³/mol. The average molecular weight is 394 g/mol. The lowest BCUT2D eigenvalue weighted by Gasteiger charge is -2.27. The lowest BCUT2D eigenvalue weighted by molar-refractivity contribution is 0.122. The molecule has 1 aliphatic rings. The van der Waals surface area contributed by atoms with Crippen LogP contribution in [-0.4, -0.2) is 41.3 Å². The number of benzene rings is 2. The van der Waals surface area contributed by atoms with Gasteiger partial charge in [0.2, 0.25) is 11.9 Å². The molecule has 0 spiro atoms. The molecule has 2 heterocycles. The van der Waals surface area contributed by atoms with Crippen molar-refractivity contribution in [3.05, 3.63) is 65.7 Å². The molecule has 0 saturated carbocycles. The van der Waals surface area contributed by atoms with E-state index >= 15 is 0 Å². The fourth-order valence-corrected chi connectivity index (χ4v) is 3.64. The second kappa shape index (κ2) is 9.03. The number of aromatic nitrogens is 3. The highest BCUT2D eigenvalue weighted by Crippen LogP contribution is 2.24. The summed E-state index contributed by atoms with van der Waals surface area (Å²) in [4.78, 5) is 16.1. The van der Waals surface area contributed by atoms with E-state index in [4.69, 9.17) is 9.72 Å². The number of hydrogen-bond donors (Lipinski definition) is 1. The summed E-state index contributed by atoms with van der Waals surface area (Å²) >= 11 is 1.62. The lowest BCUT2D eigenvalue weighted by atomic mass is 10.2. The minimum atomic E-state index is 0.564. The first-order chi connectivity index (χ1) is 13.8. The van der Waals surface area contributed by atoms with Crippen LogP contribution in [0.3, 0.4) is 0 Å². The third kappa shape index (κ3) is 4.99. The number of nitrogens with one attached hydrogen (secondary N) is 1. The highest BCUT2D eigenvalue weighted by atomic mass is 32.2. The first-order valence-corrected chi connectivity index (χ1v) is 10.3. The molecule has 1 N–H and O–H groups in total. The van der Waals surface area contributed by atoms with Gasteiger partial charge < -0.3 is 15.0 Å². The van der Waals surface area contributed by atoms with E-state index in [1.165, 1.54) is 11.1 Å². The Morgan fingerprint density at radius 1 is 0.964 bits per heavy atom. The van der Waals surface area contributed by atoms with Gasteiger partial charge in [0.15, 0.2) is 5.16 Å². The maximum absolute atomic E-state index is 5.46. The molecule has 1 saturated heterocycles. The van der Waals surface area contributed by atoms with E-state index in [0.29, 0.717) is 25.1 Å². The van der Waals surface area contributed by atoms with E-state index in [9.17, 15) is 0 Å². The Labute approximate surface area is 169 Å². The van der Waals surface area contributed by atoms with Crippen LogP contribution < -0.4 is 10.2 Å². The molecule has 1 aromatic heterocycles. The van der Waals surface area contributed by atoms with Crippen LogP contribution in [0.1, 0.15) is 11.1 Å². The Kier molecular flexibility index (Phi) is 6.04. The van der Waals surface area contributed by atoms with Crippen molar-refractivity contribution in [2.75, 3.05) is 36.5 Å². The molecule has 0 radical (unpaired) electrons. The van der Waals surface area contributed by atoms with Crippen molar-refractivity contribution in [3.63, 3.8) is 0 Å². The number of morpholine rings is 1. The standard InChI is InChI=1S/C21H23N5OS/c1-16-7-9-17(10-8-16)15-28-21-24-19(22-18-5-3-2-4-6-18)23-20(25-21)26-11-13-27-14-12-26/h2-10H,11-15H2,1H3,(H,22,23,24,25). The highest BCUT2D eigenvalue weighted by Gasteiger charge is 2.17. The normalized spacial score (nSPS) is 14.1. The van der Waals surface area contributed by atoms with Gasteiger partial charge >= 0.3 is 0 Å². The number of ether oxygens (including phenoxy) is 1. The van der Waals surface area contributed by atoms with Gasteiger partial charge in [-0.25, -0.2) is 0 Å². The van der Waals surface area contributed by atoms with Gasteiger partial charge in [-0.15, -0.1) is 0 Å². The number of para-hydroxylation sites is 1. The summed E-state index contributed by atoms with van der Waals surface area (Å²) in [7, 11) is 0. The smallest absolute Gasteiger partial charge is 0.233 e. The Balaban J connectivity index is 1.56. The van der Waals surface area contributed by atoms with E-state index in [0.717, 1.165) is 29.7 Å². The van der Waals surface area contributed by atoms with E-state index in [2.05, 4.69) is 51.4 Å². The summed E-state index contributed by atoms with van der Waals surface area (Å²) < 4.78 is 5.46. The number of aryl methyl sites for hydroxylation is 1. The van der Waals surface area contributed by atoms with Crippen molar-refractivity contribution in [2.45, 2.75) is 17.8 Å². The van der Waals surface area contributed by atoms with Crippen LogP contribution >= 0.6 is 11.8 Å². The summed E-state index contributed by atoms with van der Waals surface area (Å²) in [6.07, 6.45) is 0. The molecule has 0 bridgehead atoms. The molecule has 1 aliphatic heterocycles. The fourth-order valence-electron chi connectivity index (χ4n) is 2.85. The van der Waals surface area contributed by atoms with Crippen molar-refractivity contribution in [1.29, 1.82) is 0 Å². The van der Waals surface area contributed by atoms with Gasteiger partial charge in [0.1, 0.15) is 0 Å². The zero-order valence-corrected chi connectivity index (χ0v) is 16.7. The number of rotatable bonds is 6. The minimum Gasteiger partial charge on any atom is -0.378 e. The molecule has 144 valence electrons. The molecule has 0 atom stereocenters. The number of hydrogen-bond acceptors (Lipinski definition) is 7. The zero-order valence-electron chi connectivity index (χ0n) is 15.8. The molecule has 0 aliphatic carbocycles. The molecule has 28 heavy (non-hydrogen) atoms. The van der Waals surface area contributed by atoms with E-state index in [-0.39, 0.29) is 0 Å². The van der Waals surface area contributed by atoms with Crippen molar-refractivity contribution >= 4 is 29.3 Å². The fraction of sp³-hybridized carbons (Fsp3) is 0.286. The van der Waals surface area contributed by atoms with Gasteiger partial charge in [-0.05, 0) is 24.6 Å². The van der Waals surface area contributed by atoms with Crippen LogP contribution in [-0.2, 0) is 10.5 Å². The van der Waals surface area contributed by atoms with Crippen molar-refractivity contribution in [1.82, 2.24) is 15.0 Å². The SMILES string of the molecule is Cc1ccc(CSc2nc(Nc3ccccc3)nc(N3CCOCC3)n2)cc1. The Morgan fingerprint density at radius 3 is 2.46 bits per heavy atom. The van der Waals surface area contributed by atoms with Crippen LogP contribution in [0.4, 0.5) is 17.6 Å². The summed E-state index contributed by atoms with van der Waals surface area (Å²) in [6, 6.07) is 18.5. The van der Waals surface area contributed by atoms with Gasteiger partial charge in [0, 0.05) is 24.5 Å². The first-order valence-electron chi connectivity index (χ1n) is 9.35. The summed E-state index contributed by atoms with van der Waals surface area (Å²) in [5, 5.41) is 4.01. The van der Waals surface area contributed by atoms with Gasteiger partial charge in [-0.1, -0.05) is 59.8 Å². The molecule has 0 unspecified atom stereocenters. The van der Waals surface area contributed by atoms with Crippen LogP contribution in [0.25, 0.3) is 0 Å². The van der Waals surface area contributed by atoms with Crippen molar-refractivity contribution in [3.8, 4) is 0 Å². The van der Waals surface area contributed by atoms with E-state index in [1.807, 2.05) is 30.3 Å². The molecule has 7 heteroatoms. The first kappa shape index (κ1) is 18.7. The lowest BCUT2D eigenvalue weighted by Crippen LogP contribution is -2.37. The third-order valence-corrected chi connectivity index (χ3v) is 5.33. The number of anilines is 3. The monoisotopic (exact) mass is 393 g/mol. The quantitative estimate of drug-likeness (QED) is 0.634. The van der Waals surface area contributed by atoms with Crippen LogP contribution in [0.2, 0.25) is 0 Å². The van der Waals surface area contributed by atoms with Gasteiger partial charge in [-0.3, -0.25) is 0 Å². The van der Waals surface area contributed by atoms with Crippen molar-refractivity contribution in [2.24, 2.45) is 0 Å². The molecule has 1 fully saturated rings. The predicted octanol–water partition coefficient (Wildman–Crippen LogP) is 4.05. The maximum atomic E-state index is 5.46. The molecular weight excluding hydrogens is 370 g/mol. The van der Waals surface area contributed by atoms with Crippen LogP contribution in [0.15, 0.2) is 59.8 Å².